The Kier molecular flexibility index (Phi) is 6.55. The average Bonchev–Trinajstić information content (AvgIpc) is 3.17. The number of aryl methyl sites for hydroxylation is 1. The van der Waals surface area contributed by atoms with Crippen LogP contribution in [0.2, 0.25) is 0 Å². The summed E-state index contributed by atoms with van der Waals surface area (Å²) in [6, 6.07) is 15.4. The number of hydrogen-bond donors (Lipinski definition) is 2. The van der Waals surface area contributed by atoms with Gasteiger partial charge in [0.25, 0.3) is 0 Å². The summed E-state index contributed by atoms with van der Waals surface area (Å²) in [6.45, 7) is 3.92. The van der Waals surface area contributed by atoms with Crippen molar-refractivity contribution in [1.82, 2.24) is 4.98 Å². The van der Waals surface area contributed by atoms with Crippen LogP contribution in [0.25, 0.3) is 11.3 Å². The minimum Gasteiger partial charge on any atom is -0.326 e. The van der Waals surface area contributed by atoms with E-state index in [-0.39, 0.29) is 18.2 Å². The second kappa shape index (κ2) is 9.28. The van der Waals surface area contributed by atoms with E-state index in [4.69, 9.17) is 0 Å². The first-order chi connectivity index (χ1) is 13.6. The van der Waals surface area contributed by atoms with Gasteiger partial charge in [-0.25, -0.2) is 4.98 Å². The molecular formula is C22H23N3O2S. The number of nitrogens with one attached hydrogen (secondary N) is 2. The Morgan fingerprint density at radius 2 is 1.50 bits per heavy atom. The molecule has 1 heterocycles. The van der Waals surface area contributed by atoms with Gasteiger partial charge in [-0.1, -0.05) is 38.1 Å². The molecule has 2 amide bonds. The van der Waals surface area contributed by atoms with Gasteiger partial charge in [-0.15, -0.1) is 11.3 Å². The summed E-state index contributed by atoms with van der Waals surface area (Å²) in [5, 5.41) is 8.44. The number of aromatic nitrogens is 1. The highest BCUT2D eigenvalue weighted by atomic mass is 32.1. The zero-order chi connectivity index (χ0) is 19.9. The molecule has 144 valence electrons. The Morgan fingerprint density at radius 3 is 2.11 bits per heavy atom. The van der Waals surface area contributed by atoms with Gasteiger partial charge in [-0.05, 0) is 36.2 Å². The van der Waals surface area contributed by atoms with Crippen molar-refractivity contribution in [2.24, 2.45) is 0 Å². The van der Waals surface area contributed by atoms with Crippen LogP contribution in [-0.2, 0) is 22.4 Å². The predicted molar refractivity (Wildman–Crippen MR) is 115 cm³/mol. The molecule has 0 radical (unpaired) electrons. The van der Waals surface area contributed by atoms with Gasteiger partial charge < -0.3 is 10.6 Å². The van der Waals surface area contributed by atoms with Crippen LogP contribution in [0.5, 0.6) is 0 Å². The third kappa shape index (κ3) is 5.27. The van der Waals surface area contributed by atoms with Crippen LogP contribution in [0, 0.1) is 0 Å². The molecule has 6 heteroatoms. The van der Waals surface area contributed by atoms with E-state index in [1.54, 1.807) is 0 Å². The van der Waals surface area contributed by atoms with Crippen molar-refractivity contribution in [3.05, 3.63) is 64.5 Å². The standard InChI is InChI=1S/C22H23N3O2S/c1-3-15-5-9-17(10-6-15)24-21(27)13-22-25-19(14-28-22)16-7-11-18(12-8-16)23-20(26)4-2/h5-12,14H,3-4,13H2,1-2H3,(H,23,26)(H,24,27). The molecule has 0 saturated heterocycles. The summed E-state index contributed by atoms with van der Waals surface area (Å²) >= 11 is 1.47. The molecule has 2 aromatic carbocycles. The van der Waals surface area contributed by atoms with Crippen molar-refractivity contribution < 1.29 is 9.59 Å². The first kappa shape index (κ1) is 19.8. The number of amides is 2. The van der Waals surface area contributed by atoms with Crippen LogP contribution in [0.15, 0.2) is 53.9 Å². The highest BCUT2D eigenvalue weighted by Crippen LogP contribution is 2.24. The first-order valence-corrected chi connectivity index (χ1v) is 10.2. The lowest BCUT2D eigenvalue weighted by Gasteiger charge is -2.05. The second-order valence-electron chi connectivity index (χ2n) is 6.38. The van der Waals surface area contributed by atoms with Crippen molar-refractivity contribution in [2.75, 3.05) is 10.6 Å². The molecule has 0 aliphatic heterocycles. The maximum absolute atomic E-state index is 12.3. The molecule has 0 spiro atoms. The SMILES string of the molecule is CCC(=O)Nc1ccc(-c2csc(CC(=O)Nc3ccc(CC)cc3)n2)cc1. The van der Waals surface area contributed by atoms with Crippen LogP contribution in [0.1, 0.15) is 30.8 Å². The fraction of sp³-hybridized carbons (Fsp3) is 0.227. The van der Waals surface area contributed by atoms with Gasteiger partial charge in [0, 0.05) is 28.7 Å². The second-order valence-corrected chi connectivity index (χ2v) is 7.32. The van der Waals surface area contributed by atoms with Crippen LogP contribution in [0.3, 0.4) is 0 Å². The van der Waals surface area contributed by atoms with Gasteiger partial charge in [-0.3, -0.25) is 9.59 Å². The Morgan fingerprint density at radius 1 is 0.893 bits per heavy atom. The summed E-state index contributed by atoms with van der Waals surface area (Å²) in [5.41, 5.74) is 4.58. The van der Waals surface area contributed by atoms with E-state index in [2.05, 4.69) is 22.5 Å². The topological polar surface area (TPSA) is 71.1 Å². The number of benzene rings is 2. The lowest BCUT2D eigenvalue weighted by molar-refractivity contribution is -0.116. The molecule has 0 saturated carbocycles. The molecule has 0 aliphatic rings. The van der Waals surface area contributed by atoms with E-state index in [9.17, 15) is 9.59 Å². The summed E-state index contributed by atoms with van der Waals surface area (Å²) in [6.07, 6.45) is 1.66. The maximum atomic E-state index is 12.3. The lowest BCUT2D eigenvalue weighted by Crippen LogP contribution is -2.14. The monoisotopic (exact) mass is 393 g/mol. The average molecular weight is 394 g/mol. The Balaban J connectivity index is 1.60. The number of hydrogen-bond acceptors (Lipinski definition) is 4. The zero-order valence-electron chi connectivity index (χ0n) is 16.0. The van der Waals surface area contributed by atoms with Crippen molar-refractivity contribution >= 4 is 34.5 Å². The van der Waals surface area contributed by atoms with E-state index in [0.717, 1.165) is 34.1 Å². The summed E-state index contributed by atoms with van der Waals surface area (Å²) < 4.78 is 0. The van der Waals surface area contributed by atoms with E-state index in [0.29, 0.717) is 6.42 Å². The Bertz CT molecular complexity index is 947. The highest BCUT2D eigenvalue weighted by Gasteiger charge is 2.10. The molecule has 2 N–H and O–H groups in total. The van der Waals surface area contributed by atoms with Gasteiger partial charge >= 0.3 is 0 Å². The minimum absolute atomic E-state index is 0.0148. The van der Waals surface area contributed by atoms with E-state index >= 15 is 0 Å². The molecular weight excluding hydrogens is 370 g/mol. The summed E-state index contributed by atoms with van der Waals surface area (Å²) in [5.74, 6) is -0.0955. The van der Waals surface area contributed by atoms with Gasteiger partial charge in [0.1, 0.15) is 5.01 Å². The van der Waals surface area contributed by atoms with Gasteiger partial charge in [-0.2, -0.15) is 0 Å². The van der Waals surface area contributed by atoms with Crippen molar-refractivity contribution in [2.45, 2.75) is 33.1 Å². The minimum atomic E-state index is -0.0808. The molecule has 0 fully saturated rings. The molecule has 1 aromatic heterocycles. The smallest absolute Gasteiger partial charge is 0.231 e. The van der Waals surface area contributed by atoms with Crippen LogP contribution >= 0.6 is 11.3 Å². The molecule has 3 aromatic rings. The largest absolute Gasteiger partial charge is 0.326 e. The molecule has 0 aliphatic carbocycles. The van der Waals surface area contributed by atoms with E-state index in [1.165, 1.54) is 16.9 Å². The van der Waals surface area contributed by atoms with E-state index in [1.807, 2.05) is 60.8 Å². The van der Waals surface area contributed by atoms with Crippen LogP contribution in [-0.4, -0.2) is 16.8 Å². The maximum Gasteiger partial charge on any atom is 0.231 e. The third-order valence-corrected chi connectivity index (χ3v) is 5.14. The lowest BCUT2D eigenvalue weighted by atomic mass is 10.1. The first-order valence-electron chi connectivity index (χ1n) is 9.31. The molecule has 0 atom stereocenters. The van der Waals surface area contributed by atoms with Crippen molar-refractivity contribution in [1.29, 1.82) is 0 Å². The Hall–Kier alpha value is -2.99. The summed E-state index contributed by atoms with van der Waals surface area (Å²) in [4.78, 5) is 28.3. The molecule has 0 unspecified atom stereocenters. The summed E-state index contributed by atoms with van der Waals surface area (Å²) in [7, 11) is 0. The van der Waals surface area contributed by atoms with Gasteiger partial charge in [0.15, 0.2) is 0 Å². The number of nitrogens with zero attached hydrogens (tertiary/aromatic N) is 1. The predicted octanol–water partition coefficient (Wildman–Crippen LogP) is 4.90. The number of anilines is 2. The fourth-order valence-corrected chi connectivity index (χ4v) is 3.47. The van der Waals surface area contributed by atoms with Gasteiger partial charge in [0.2, 0.25) is 11.8 Å². The van der Waals surface area contributed by atoms with Crippen molar-refractivity contribution in [3.8, 4) is 11.3 Å². The quantitative estimate of drug-likeness (QED) is 0.600. The van der Waals surface area contributed by atoms with E-state index < -0.39 is 0 Å². The van der Waals surface area contributed by atoms with Crippen molar-refractivity contribution in [3.63, 3.8) is 0 Å². The normalized spacial score (nSPS) is 10.5. The molecule has 3 rings (SSSR count). The number of carbonyl (C=O) groups is 2. The fourth-order valence-electron chi connectivity index (χ4n) is 2.66. The third-order valence-electron chi connectivity index (χ3n) is 4.30. The van der Waals surface area contributed by atoms with Gasteiger partial charge in [0.05, 0.1) is 12.1 Å². The van der Waals surface area contributed by atoms with Crippen LogP contribution < -0.4 is 10.6 Å². The number of carbonyl (C=O) groups excluding carboxylic acids is 2. The zero-order valence-corrected chi connectivity index (χ0v) is 16.8. The molecule has 28 heavy (non-hydrogen) atoms. The number of thiazole rings is 1. The molecule has 5 nitrogen and oxygen atoms in total. The Labute approximate surface area is 168 Å². The molecule has 0 bridgehead atoms. The highest BCUT2D eigenvalue weighted by molar-refractivity contribution is 7.10. The van der Waals surface area contributed by atoms with Crippen LogP contribution in [0.4, 0.5) is 11.4 Å². The number of rotatable bonds is 7.